The van der Waals surface area contributed by atoms with Crippen LogP contribution in [0.5, 0.6) is 0 Å². The normalized spacial score (nSPS) is 15.3. The number of aromatic amines is 1. The van der Waals surface area contributed by atoms with Crippen LogP contribution in [-0.2, 0) is 0 Å². The Morgan fingerprint density at radius 3 is 2.71 bits per heavy atom. The highest BCUT2D eigenvalue weighted by Crippen LogP contribution is 2.31. The van der Waals surface area contributed by atoms with Crippen molar-refractivity contribution in [2.24, 2.45) is 11.7 Å². The van der Waals surface area contributed by atoms with Crippen molar-refractivity contribution in [2.75, 3.05) is 6.54 Å². The number of hydrogen-bond acceptors (Lipinski definition) is 4. The van der Waals surface area contributed by atoms with Crippen LogP contribution in [0.2, 0.25) is 0 Å². The number of fused-ring (bicyclic) bond motifs is 1. The Morgan fingerprint density at radius 2 is 2.05 bits per heavy atom. The van der Waals surface area contributed by atoms with Gasteiger partial charge in [-0.1, -0.05) is 18.2 Å². The van der Waals surface area contributed by atoms with E-state index >= 15 is 0 Å². The molecule has 1 aliphatic carbocycles. The van der Waals surface area contributed by atoms with Crippen LogP contribution >= 0.6 is 12.4 Å². The summed E-state index contributed by atoms with van der Waals surface area (Å²) in [6.07, 6.45) is 2.27. The maximum atomic E-state index is 12.2. The van der Waals surface area contributed by atoms with Crippen LogP contribution in [0.1, 0.15) is 23.3 Å². The number of amides is 1. The molecule has 112 valence electrons. The van der Waals surface area contributed by atoms with Crippen LogP contribution in [0, 0.1) is 5.92 Å². The zero-order valence-electron chi connectivity index (χ0n) is 11.3. The Labute approximate surface area is 127 Å². The second-order valence-corrected chi connectivity index (χ2v) is 5.16. The number of aromatic nitrogens is 2. The summed E-state index contributed by atoms with van der Waals surface area (Å²) in [7, 11) is 0. The highest BCUT2D eigenvalue weighted by molar-refractivity contribution is 6.04. The molecule has 0 spiro atoms. The predicted molar refractivity (Wildman–Crippen MR) is 82.6 cm³/mol. The largest absolute Gasteiger partial charge is 0.349 e. The first kappa shape index (κ1) is 15.5. The van der Waals surface area contributed by atoms with E-state index in [1.54, 1.807) is 24.3 Å². The van der Waals surface area contributed by atoms with Gasteiger partial charge < -0.3 is 11.1 Å². The van der Waals surface area contributed by atoms with E-state index in [-0.39, 0.29) is 35.6 Å². The molecule has 1 heterocycles. The predicted octanol–water partition coefficient (Wildman–Crippen LogP) is 0.812. The fourth-order valence-electron chi connectivity index (χ4n) is 2.27. The van der Waals surface area contributed by atoms with Crippen LogP contribution in [0.4, 0.5) is 0 Å². The molecule has 3 rings (SSSR count). The average molecular weight is 309 g/mol. The zero-order valence-corrected chi connectivity index (χ0v) is 12.2. The van der Waals surface area contributed by atoms with E-state index in [4.69, 9.17) is 5.73 Å². The fraction of sp³-hybridized carbons (Fsp3) is 0.357. The average Bonchev–Trinajstić information content (AvgIpc) is 3.30. The Hall–Kier alpha value is -1.92. The number of rotatable bonds is 4. The van der Waals surface area contributed by atoms with Crippen molar-refractivity contribution in [1.82, 2.24) is 15.5 Å². The number of nitrogens with two attached hydrogens (primary N) is 1. The number of carbonyl (C=O) groups is 1. The molecule has 1 aliphatic rings. The molecule has 0 saturated heterocycles. The molecular formula is C14H17ClN4O2. The van der Waals surface area contributed by atoms with Crippen molar-refractivity contribution in [2.45, 2.75) is 18.9 Å². The van der Waals surface area contributed by atoms with Gasteiger partial charge in [-0.25, -0.2) is 5.10 Å². The summed E-state index contributed by atoms with van der Waals surface area (Å²) >= 11 is 0. The molecule has 1 unspecified atom stereocenters. The molecule has 4 N–H and O–H groups in total. The Kier molecular flexibility index (Phi) is 4.59. The smallest absolute Gasteiger partial charge is 0.272 e. The van der Waals surface area contributed by atoms with Crippen molar-refractivity contribution in [3.63, 3.8) is 0 Å². The Bertz CT molecular complexity index is 711. The van der Waals surface area contributed by atoms with Gasteiger partial charge in [0.25, 0.3) is 11.5 Å². The summed E-state index contributed by atoms with van der Waals surface area (Å²) in [6, 6.07) is 6.90. The lowest BCUT2D eigenvalue weighted by Crippen LogP contribution is -2.39. The minimum atomic E-state index is -0.312. The molecule has 0 aliphatic heterocycles. The number of benzene rings is 1. The van der Waals surface area contributed by atoms with Crippen LogP contribution < -0.4 is 16.6 Å². The molecule has 7 heteroatoms. The van der Waals surface area contributed by atoms with Gasteiger partial charge in [0.05, 0.1) is 5.39 Å². The van der Waals surface area contributed by atoms with Gasteiger partial charge in [0.2, 0.25) is 0 Å². The van der Waals surface area contributed by atoms with Gasteiger partial charge in [0.1, 0.15) is 0 Å². The summed E-state index contributed by atoms with van der Waals surface area (Å²) in [4.78, 5) is 23.8. The van der Waals surface area contributed by atoms with Crippen molar-refractivity contribution >= 4 is 29.1 Å². The third-order valence-corrected chi connectivity index (χ3v) is 3.64. The summed E-state index contributed by atoms with van der Waals surface area (Å²) in [5, 5.41) is 9.99. The van der Waals surface area contributed by atoms with Crippen molar-refractivity contribution < 1.29 is 4.79 Å². The highest BCUT2D eigenvalue weighted by atomic mass is 35.5. The number of halogens is 1. The van der Waals surface area contributed by atoms with Gasteiger partial charge in [0.15, 0.2) is 5.69 Å². The van der Waals surface area contributed by atoms with Gasteiger partial charge in [0, 0.05) is 18.0 Å². The highest BCUT2D eigenvalue weighted by Gasteiger charge is 2.28. The lowest BCUT2D eigenvalue weighted by Gasteiger charge is -2.11. The third-order valence-electron chi connectivity index (χ3n) is 3.64. The minimum absolute atomic E-state index is 0. The molecular weight excluding hydrogens is 292 g/mol. The lowest BCUT2D eigenvalue weighted by molar-refractivity contribution is 0.0946. The molecule has 0 bridgehead atoms. The second kappa shape index (κ2) is 6.24. The van der Waals surface area contributed by atoms with Crippen molar-refractivity contribution in [3.8, 4) is 0 Å². The molecule has 2 aromatic rings. The quantitative estimate of drug-likeness (QED) is 0.778. The standard InChI is InChI=1S/C14H16N4O2.ClH/c15-11(8-5-6-8)7-16-14(20)12-9-3-1-2-4-10(9)13(19)18-17-12;/h1-4,8,11H,5-7,15H2,(H,16,20)(H,18,19);1H. The molecule has 1 aromatic heterocycles. The Morgan fingerprint density at radius 1 is 1.38 bits per heavy atom. The molecule has 1 amide bonds. The van der Waals surface area contributed by atoms with E-state index in [1.807, 2.05) is 0 Å². The van der Waals surface area contributed by atoms with Gasteiger partial charge in [-0.05, 0) is 24.8 Å². The summed E-state index contributed by atoms with van der Waals surface area (Å²) in [6.45, 7) is 0.429. The maximum Gasteiger partial charge on any atom is 0.272 e. The van der Waals surface area contributed by atoms with E-state index in [2.05, 4.69) is 15.5 Å². The molecule has 6 nitrogen and oxygen atoms in total. The molecule has 1 saturated carbocycles. The summed E-state index contributed by atoms with van der Waals surface area (Å²) in [5.41, 5.74) is 5.88. The summed E-state index contributed by atoms with van der Waals surface area (Å²) in [5.74, 6) is 0.212. The number of hydrogen-bond donors (Lipinski definition) is 3. The first-order valence-corrected chi connectivity index (χ1v) is 6.68. The Balaban J connectivity index is 0.00000161. The van der Waals surface area contributed by atoms with Crippen molar-refractivity contribution in [3.05, 3.63) is 40.3 Å². The SMILES string of the molecule is Cl.NC(CNC(=O)c1n[nH]c(=O)c2ccccc12)C1CC1. The molecule has 1 fully saturated rings. The lowest BCUT2D eigenvalue weighted by atomic mass is 10.1. The molecule has 0 radical (unpaired) electrons. The van der Waals surface area contributed by atoms with Gasteiger partial charge in [-0.15, -0.1) is 12.4 Å². The molecule has 1 aromatic carbocycles. The van der Waals surface area contributed by atoms with E-state index < -0.39 is 0 Å². The van der Waals surface area contributed by atoms with Crippen LogP contribution in [0.25, 0.3) is 10.8 Å². The van der Waals surface area contributed by atoms with Crippen LogP contribution in [-0.4, -0.2) is 28.7 Å². The van der Waals surface area contributed by atoms with Gasteiger partial charge >= 0.3 is 0 Å². The zero-order chi connectivity index (χ0) is 14.1. The van der Waals surface area contributed by atoms with E-state index in [1.165, 1.54) is 0 Å². The number of nitrogens with one attached hydrogen (secondary N) is 2. The first-order chi connectivity index (χ1) is 9.66. The number of nitrogens with zero attached hydrogens (tertiary/aromatic N) is 1. The topological polar surface area (TPSA) is 101 Å². The monoisotopic (exact) mass is 308 g/mol. The maximum absolute atomic E-state index is 12.2. The first-order valence-electron chi connectivity index (χ1n) is 6.68. The number of carbonyl (C=O) groups excluding carboxylic acids is 1. The van der Waals surface area contributed by atoms with E-state index in [9.17, 15) is 9.59 Å². The second-order valence-electron chi connectivity index (χ2n) is 5.16. The fourth-order valence-corrected chi connectivity index (χ4v) is 2.27. The van der Waals surface area contributed by atoms with Crippen LogP contribution in [0.3, 0.4) is 0 Å². The van der Waals surface area contributed by atoms with Crippen molar-refractivity contribution in [1.29, 1.82) is 0 Å². The van der Waals surface area contributed by atoms with Gasteiger partial charge in [-0.3, -0.25) is 9.59 Å². The van der Waals surface area contributed by atoms with E-state index in [0.29, 0.717) is 23.2 Å². The number of H-pyrrole nitrogens is 1. The molecule has 21 heavy (non-hydrogen) atoms. The third kappa shape index (κ3) is 3.22. The molecule has 1 atom stereocenters. The minimum Gasteiger partial charge on any atom is -0.349 e. The van der Waals surface area contributed by atoms with E-state index in [0.717, 1.165) is 12.8 Å². The van der Waals surface area contributed by atoms with Crippen LogP contribution in [0.15, 0.2) is 29.1 Å². The van der Waals surface area contributed by atoms with Gasteiger partial charge in [-0.2, -0.15) is 5.10 Å². The summed E-state index contributed by atoms with van der Waals surface area (Å²) < 4.78 is 0.